The first kappa shape index (κ1) is 39.1. The lowest BCUT2D eigenvalue weighted by molar-refractivity contribution is -0.147. The number of carboxylic acids is 1. The number of hydrogen-bond donors (Lipinski definition) is 2. The van der Waals surface area contributed by atoms with E-state index in [4.69, 9.17) is 9.84 Å². The predicted molar refractivity (Wildman–Crippen MR) is 171 cm³/mol. The van der Waals surface area contributed by atoms with E-state index in [-0.39, 0.29) is 24.5 Å². The zero-order chi connectivity index (χ0) is 30.2. The quantitative estimate of drug-likeness (QED) is 0.0484. The van der Waals surface area contributed by atoms with Gasteiger partial charge in [0.2, 0.25) is 5.91 Å². The molecule has 0 aliphatic rings. The van der Waals surface area contributed by atoms with Crippen molar-refractivity contribution < 1.29 is 24.2 Å². The Morgan fingerprint density at radius 2 is 1.10 bits per heavy atom. The molecule has 2 N–H and O–H groups in total. The SMILES string of the molecule is CCCCCC/C=C\C(CCCCCCC(=O)NCC(=O)O)OC(=O)CCCCCCCCCCCCCCCC. The van der Waals surface area contributed by atoms with E-state index in [0.717, 1.165) is 51.4 Å². The Balaban J connectivity index is 4.04. The number of ether oxygens (including phenoxy) is 1. The van der Waals surface area contributed by atoms with Crippen molar-refractivity contribution in [1.82, 2.24) is 5.32 Å². The molecule has 0 aromatic heterocycles. The second-order valence-corrected chi connectivity index (χ2v) is 11.8. The Kier molecular flexibility index (Phi) is 29.7. The number of aliphatic carboxylic acids is 1. The topological polar surface area (TPSA) is 92.7 Å². The van der Waals surface area contributed by atoms with Gasteiger partial charge in [0.05, 0.1) is 0 Å². The molecule has 0 bridgehead atoms. The first-order valence-electron chi connectivity index (χ1n) is 17.3. The number of carboxylic acid groups (broad SMARTS) is 1. The van der Waals surface area contributed by atoms with Gasteiger partial charge in [-0.3, -0.25) is 14.4 Å². The lowest BCUT2D eigenvalue weighted by Crippen LogP contribution is -2.28. The molecule has 0 aromatic carbocycles. The number of hydrogen-bond acceptors (Lipinski definition) is 4. The maximum atomic E-state index is 12.5. The Morgan fingerprint density at radius 1 is 0.634 bits per heavy atom. The summed E-state index contributed by atoms with van der Waals surface area (Å²) in [5, 5.41) is 11.0. The molecular weight excluding hydrogens is 514 g/mol. The van der Waals surface area contributed by atoms with Crippen LogP contribution in [-0.4, -0.2) is 35.6 Å². The first-order valence-corrected chi connectivity index (χ1v) is 17.3. The molecule has 0 aliphatic heterocycles. The summed E-state index contributed by atoms with van der Waals surface area (Å²) >= 11 is 0. The van der Waals surface area contributed by atoms with E-state index in [1.54, 1.807) is 0 Å². The summed E-state index contributed by atoms with van der Waals surface area (Å²) in [6.45, 7) is 4.16. The summed E-state index contributed by atoms with van der Waals surface area (Å²) in [6, 6.07) is 0. The van der Waals surface area contributed by atoms with Gasteiger partial charge < -0.3 is 15.2 Å². The minimum atomic E-state index is -1.03. The zero-order valence-electron chi connectivity index (χ0n) is 26.9. The molecule has 1 atom stereocenters. The van der Waals surface area contributed by atoms with Crippen molar-refractivity contribution >= 4 is 17.8 Å². The molecule has 0 rings (SSSR count). The molecule has 0 heterocycles. The van der Waals surface area contributed by atoms with Crippen LogP contribution in [0.3, 0.4) is 0 Å². The Labute approximate surface area is 252 Å². The zero-order valence-corrected chi connectivity index (χ0v) is 26.9. The minimum Gasteiger partial charge on any atom is -0.480 e. The van der Waals surface area contributed by atoms with Gasteiger partial charge in [-0.1, -0.05) is 135 Å². The van der Waals surface area contributed by atoms with Crippen LogP contribution in [-0.2, 0) is 19.1 Å². The fourth-order valence-electron chi connectivity index (χ4n) is 5.07. The summed E-state index contributed by atoms with van der Waals surface area (Å²) in [7, 11) is 0. The summed E-state index contributed by atoms with van der Waals surface area (Å²) < 4.78 is 5.85. The molecule has 0 aromatic rings. The highest BCUT2D eigenvalue weighted by molar-refractivity contribution is 5.80. The molecule has 1 amide bonds. The summed E-state index contributed by atoms with van der Waals surface area (Å²) in [6.07, 6.45) is 33.5. The van der Waals surface area contributed by atoms with Crippen LogP contribution in [0, 0.1) is 0 Å². The van der Waals surface area contributed by atoms with Gasteiger partial charge in [0.1, 0.15) is 12.6 Å². The largest absolute Gasteiger partial charge is 0.480 e. The van der Waals surface area contributed by atoms with Gasteiger partial charge in [-0.2, -0.15) is 0 Å². The van der Waals surface area contributed by atoms with Crippen molar-refractivity contribution in [3.05, 3.63) is 12.2 Å². The third-order valence-corrected chi connectivity index (χ3v) is 7.67. The average molecular weight is 580 g/mol. The monoisotopic (exact) mass is 579 g/mol. The second-order valence-electron chi connectivity index (χ2n) is 11.8. The molecular formula is C35H65NO5. The lowest BCUT2D eigenvalue weighted by Gasteiger charge is -2.15. The first-order chi connectivity index (χ1) is 20.0. The van der Waals surface area contributed by atoms with Crippen LogP contribution in [0.4, 0.5) is 0 Å². The predicted octanol–water partition coefficient (Wildman–Crippen LogP) is 9.84. The molecule has 6 nitrogen and oxygen atoms in total. The van der Waals surface area contributed by atoms with Gasteiger partial charge in [-0.05, 0) is 44.6 Å². The van der Waals surface area contributed by atoms with Crippen molar-refractivity contribution in [2.45, 2.75) is 187 Å². The van der Waals surface area contributed by atoms with Crippen molar-refractivity contribution in [3.63, 3.8) is 0 Å². The third-order valence-electron chi connectivity index (χ3n) is 7.67. The number of carbonyl (C=O) groups is 3. The van der Waals surface area contributed by atoms with E-state index in [1.165, 1.54) is 103 Å². The van der Waals surface area contributed by atoms with Crippen LogP contribution in [0.2, 0.25) is 0 Å². The highest BCUT2D eigenvalue weighted by Gasteiger charge is 2.12. The average Bonchev–Trinajstić information content (AvgIpc) is 2.95. The van der Waals surface area contributed by atoms with Crippen molar-refractivity contribution in [2.24, 2.45) is 0 Å². The Morgan fingerprint density at radius 3 is 1.63 bits per heavy atom. The standard InChI is InChI=1S/C35H65NO5/c1-3-5-7-9-11-12-13-14-15-16-17-18-20-26-30-35(40)41-32(27-23-19-10-8-6-4-2)28-24-21-22-25-29-33(37)36-31-34(38)39/h23,27,32H,3-22,24-26,28-31H2,1-2H3,(H,36,37)(H,38,39)/b27-23-. The molecule has 0 spiro atoms. The molecule has 0 radical (unpaired) electrons. The second kappa shape index (κ2) is 31.1. The molecule has 6 heteroatoms. The maximum absolute atomic E-state index is 12.5. The van der Waals surface area contributed by atoms with E-state index < -0.39 is 5.97 Å². The van der Waals surface area contributed by atoms with Crippen molar-refractivity contribution in [1.29, 1.82) is 0 Å². The van der Waals surface area contributed by atoms with E-state index in [0.29, 0.717) is 12.8 Å². The lowest BCUT2D eigenvalue weighted by atomic mass is 10.0. The normalized spacial score (nSPS) is 12.0. The van der Waals surface area contributed by atoms with E-state index in [2.05, 4.69) is 31.3 Å². The van der Waals surface area contributed by atoms with Crippen LogP contribution in [0.5, 0.6) is 0 Å². The summed E-state index contributed by atoms with van der Waals surface area (Å²) in [4.78, 5) is 34.7. The van der Waals surface area contributed by atoms with Gasteiger partial charge in [0.15, 0.2) is 0 Å². The van der Waals surface area contributed by atoms with E-state index in [9.17, 15) is 14.4 Å². The van der Waals surface area contributed by atoms with Gasteiger partial charge in [-0.15, -0.1) is 0 Å². The number of esters is 1. The molecule has 1 unspecified atom stereocenters. The highest BCUT2D eigenvalue weighted by Crippen LogP contribution is 2.16. The van der Waals surface area contributed by atoms with Crippen LogP contribution in [0.25, 0.3) is 0 Å². The van der Waals surface area contributed by atoms with E-state index in [1.807, 2.05) is 0 Å². The number of carbonyl (C=O) groups excluding carboxylic acids is 2. The highest BCUT2D eigenvalue weighted by atomic mass is 16.5. The van der Waals surface area contributed by atoms with Gasteiger partial charge in [0.25, 0.3) is 0 Å². The van der Waals surface area contributed by atoms with E-state index >= 15 is 0 Å². The Hall–Kier alpha value is -1.85. The van der Waals surface area contributed by atoms with Crippen molar-refractivity contribution in [3.8, 4) is 0 Å². The van der Waals surface area contributed by atoms with Crippen molar-refractivity contribution in [2.75, 3.05) is 6.54 Å². The summed E-state index contributed by atoms with van der Waals surface area (Å²) in [5.41, 5.74) is 0. The van der Waals surface area contributed by atoms with Gasteiger partial charge in [0, 0.05) is 12.8 Å². The van der Waals surface area contributed by atoms with Crippen LogP contribution < -0.4 is 5.32 Å². The molecule has 0 aliphatic carbocycles. The molecule has 240 valence electrons. The molecule has 0 fully saturated rings. The number of nitrogens with one attached hydrogen (secondary N) is 1. The smallest absolute Gasteiger partial charge is 0.322 e. The summed E-state index contributed by atoms with van der Waals surface area (Å²) in [5.74, 6) is -1.32. The fourth-order valence-corrected chi connectivity index (χ4v) is 5.07. The van der Waals surface area contributed by atoms with Crippen LogP contribution >= 0.6 is 0 Å². The number of allylic oxidation sites excluding steroid dienone is 1. The number of amides is 1. The minimum absolute atomic E-state index is 0.0836. The third kappa shape index (κ3) is 30.9. The fraction of sp³-hybridized carbons (Fsp3) is 0.857. The van der Waals surface area contributed by atoms with Gasteiger partial charge in [-0.25, -0.2) is 0 Å². The number of rotatable bonds is 31. The Bertz CT molecular complexity index is 648. The molecule has 0 saturated heterocycles. The van der Waals surface area contributed by atoms with Gasteiger partial charge >= 0.3 is 11.9 Å². The number of unbranched alkanes of at least 4 members (excludes halogenated alkanes) is 20. The maximum Gasteiger partial charge on any atom is 0.322 e. The van der Waals surface area contributed by atoms with Crippen LogP contribution in [0.15, 0.2) is 12.2 Å². The van der Waals surface area contributed by atoms with Crippen LogP contribution in [0.1, 0.15) is 181 Å². The molecule has 0 saturated carbocycles. The molecule has 41 heavy (non-hydrogen) atoms.